The minimum atomic E-state index is -0.0492. The fraction of sp³-hybridized carbons (Fsp3) is 0.810. The number of likely N-dealkylation sites (tertiary alicyclic amines) is 1. The van der Waals surface area contributed by atoms with Crippen LogP contribution in [0.15, 0.2) is 10.6 Å². The SMILES string of the molecule is Cc1cc([C@H]2CCCCCN2C(=O)C23CC4CC(CC(C4)C2)C3)on1. The van der Waals surface area contributed by atoms with Crippen molar-refractivity contribution in [3.63, 3.8) is 0 Å². The fourth-order valence-corrected chi connectivity index (χ4v) is 6.86. The van der Waals surface area contributed by atoms with Crippen LogP contribution in [-0.2, 0) is 4.79 Å². The van der Waals surface area contributed by atoms with Crippen LogP contribution in [0, 0.1) is 30.1 Å². The molecule has 25 heavy (non-hydrogen) atoms. The summed E-state index contributed by atoms with van der Waals surface area (Å²) in [5.41, 5.74) is 0.869. The lowest BCUT2D eigenvalue weighted by Gasteiger charge is -2.57. The zero-order valence-corrected chi connectivity index (χ0v) is 15.4. The summed E-state index contributed by atoms with van der Waals surface area (Å²) in [5.74, 6) is 3.79. The molecule has 0 spiro atoms. The second-order valence-electron chi connectivity index (χ2n) is 9.43. The van der Waals surface area contributed by atoms with Crippen LogP contribution in [0.1, 0.15) is 81.7 Å². The molecule has 4 bridgehead atoms. The highest BCUT2D eigenvalue weighted by molar-refractivity contribution is 5.83. The molecule has 1 atom stereocenters. The summed E-state index contributed by atoms with van der Waals surface area (Å²) in [6.07, 6.45) is 12.1. The maximum Gasteiger partial charge on any atom is 0.229 e. The van der Waals surface area contributed by atoms with E-state index in [0.29, 0.717) is 5.91 Å². The van der Waals surface area contributed by atoms with Crippen LogP contribution < -0.4 is 0 Å². The molecule has 1 amide bonds. The summed E-state index contributed by atoms with van der Waals surface area (Å²) in [7, 11) is 0. The van der Waals surface area contributed by atoms with E-state index in [1.165, 1.54) is 32.1 Å². The Kier molecular flexibility index (Phi) is 3.72. The third-order valence-electron chi connectivity index (χ3n) is 7.48. The maximum absolute atomic E-state index is 13.9. The van der Waals surface area contributed by atoms with Gasteiger partial charge < -0.3 is 9.42 Å². The summed E-state index contributed by atoms with van der Waals surface area (Å²) in [4.78, 5) is 16.1. The molecule has 1 aromatic rings. The van der Waals surface area contributed by atoms with E-state index in [2.05, 4.69) is 10.1 Å². The lowest BCUT2D eigenvalue weighted by atomic mass is 9.49. The molecule has 5 aliphatic rings. The smallest absolute Gasteiger partial charge is 0.229 e. The largest absolute Gasteiger partial charge is 0.359 e. The van der Waals surface area contributed by atoms with Crippen LogP contribution >= 0.6 is 0 Å². The Hall–Kier alpha value is -1.32. The number of amides is 1. The minimum absolute atomic E-state index is 0.0492. The van der Waals surface area contributed by atoms with Crippen LogP contribution in [0.2, 0.25) is 0 Å². The van der Waals surface area contributed by atoms with Crippen molar-refractivity contribution in [3.05, 3.63) is 17.5 Å². The van der Waals surface area contributed by atoms with Crippen molar-refractivity contribution in [3.8, 4) is 0 Å². The van der Waals surface area contributed by atoms with Gasteiger partial charge in [0.05, 0.1) is 17.2 Å². The number of nitrogens with zero attached hydrogens (tertiary/aromatic N) is 2. The molecule has 4 heteroatoms. The monoisotopic (exact) mass is 342 g/mol. The van der Waals surface area contributed by atoms with E-state index in [4.69, 9.17) is 4.52 Å². The lowest BCUT2D eigenvalue weighted by Crippen LogP contribution is -2.55. The standard InChI is InChI=1S/C21H30N2O2/c1-14-7-19(25-22-14)18-5-3-2-4-6-23(18)20(24)21-11-15-8-16(12-21)10-17(9-15)13-21/h7,15-18H,2-6,8-13H2,1H3/t15?,16?,17?,18-,21?/m1/s1. The normalized spacial score (nSPS) is 40.3. The van der Waals surface area contributed by atoms with Gasteiger partial charge in [0.2, 0.25) is 5.91 Å². The first kappa shape index (κ1) is 15.9. The van der Waals surface area contributed by atoms with Crippen molar-refractivity contribution in [2.24, 2.45) is 23.2 Å². The van der Waals surface area contributed by atoms with E-state index >= 15 is 0 Å². The molecule has 1 aliphatic heterocycles. The van der Waals surface area contributed by atoms with Gasteiger partial charge in [-0.25, -0.2) is 0 Å². The third-order valence-corrected chi connectivity index (χ3v) is 7.48. The number of aryl methyl sites for hydroxylation is 1. The van der Waals surface area contributed by atoms with E-state index in [1.54, 1.807) is 0 Å². The Morgan fingerprint density at radius 3 is 2.40 bits per heavy atom. The number of carbonyl (C=O) groups is 1. The second-order valence-corrected chi connectivity index (χ2v) is 9.43. The van der Waals surface area contributed by atoms with E-state index in [1.807, 2.05) is 13.0 Å². The predicted octanol–water partition coefficient (Wildman–Crippen LogP) is 4.64. The van der Waals surface area contributed by atoms with Crippen molar-refractivity contribution < 1.29 is 9.32 Å². The number of aromatic nitrogens is 1. The Labute approximate surface area is 150 Å². The topological polar surface area (TPSA) is 46.3 Å². The first-order valence-corrected chi connectivity index (χ1v) is 10.4. The van der Waals surface area contributed by atoms with Crippen molar-refractivity contribution in [2.45, 2.75) is 77.2 Å². The summed E-state index contributed by atoms with van der Waals surface area (Å²) in [5, 5.41) is 4.10. The van der Waals surface area contributed by atoms with Gasteiger partial charge in [-0.05, 0) is 76.0 Å². The van der Waals surface area contributed by atoms with Crippen LogP contribution in [-0.4, -0.2) is 22.5 Å². The van der Waals surface area contributed by atoms with Gasteiger partial charge in [0.1, 0.15) is 0 Å². The van der Waals surface area contributed by atoms with Crippen molar-refractivity contribution in [2.75, 3.05) is 6.54 Å². The first-order valence-electron chi connectivity index (χ1n) is 10.4. The van der Waals surface area contributed by atoms with Crippen molar-refractivity contribution >= 4 is 5.91 Å². The molecular formula is C21H30N2O2. The van der Waals surface area contributed by atoms with Gasteiger partial charge >= 0.3 is 0 Å². The number of hydrogen-bond donors (Lipinski definition) is 0. The maximum atomic E-state index is 13.9. The molecule has 0 N–H and O–H groups in total. The molecule has 0 radical (unpaired) electrons. The van der Waals surface area contributed by atoms with Gasteiger partial charge in [-0.15, -0.1) is 0 Å². The van der Waals surface area contributed by atoms with Gasteiger partial charge in [-0.2, -0.15) is 0 Å². The number of rotatable bonds is 2. The van der Waals surface area contributed by atoms with Crippen LogP contribution in [0.3, 0.4) is 0 Å². The van der Waals surface area contributed by atoms with Crippen LogP contribution in [0.4, 0.5) is 0 Å². The molecule has 0 aromatic carbocycles. The van der Waals surface area contributed by atoms with E-state index in [-0.39, 0.29) is 11.5 Å². The number of hydrogen-bond acceptors (Lipinski definition) is 3. The summed E-state index contributed by atoms with van der Waals surface area (Å²) in [6, 6.07) is 2.14. The fourth-order valence-electron chi connectivity index (χ4n) is 6.86. The van der Waals surface area contributed by atoms with E-state index in [9.17, 15) is 4.79 Å². The molecule has 4 saturated carbocycles. The Morgan fingerprint density at radius 1 is 1.12 bits per heavy atom. The van der Waals surface area contributed by atoms with Gasteiger partial charge in [0.15, 0.2) is 5.76 Å². The molecule has 4 aliphatic carbocycles. The Bertz CT molecular complexity index is 629. The Balaban J connectivity index is 1.46. The van der Waals surface area contributed by atoms with Crippen LogP contribution in [0.5, 0.6) is 0 Å². The van der Waals surface area contributed by atoms with Crippen LogP contribution in [0.25, 0.3) is 0 Å². The molecular weight excluding hydrogens is 312 g/mol. The van der Waals surface area contributed by atoms with Crippen molar-refractivity contribution in [1.29, 1.82) is 0 Å². The molecule has 0 unspecified atom stereocenters. The predicted molar refractivity (Wildman–Crippen MR) is 94.8 cm³/mol. The number of carbonyl (C=O) groups excluding carboxylic acids is 1. The second kappa shape index (κ2) is 5.85. The van der Waals surface area contributed by atoms with Gasteiger partial charge in [0.25, 0.3) is 0 Å². The summed E-state index contributed by atoms with van der Waals surface area (Å²) >= 11 is 0. The average molecular weight is 342 g/mol. The van der Waals surface area contributed by atoms with Gasteiger partial charge in [-0.1, -0.05) is 18.0 Å². The zero-order chi connectivity index (χ0) is 17.0. The van der Waals surface area contributed by atoms with E-state index < -0.39 is 0 Å². The highest BCUT2D eigenvalue weighted by atomic mass is 16.5. The lowest BCUT2D eigenvalue weighted by molar-refractivity contribution is -0.160. The molecule has 1 saturated heterocycles. The first-order chi connectivity index (χ1) is 12.1. The highest BCUT2D eigenvalue weighted by Gasteiger charge is 2.56. The summed E-state index contributed by atoms with van der Waals surface area (Å²) in [6.45, 7) is 2.86. The molecule has 4 nitrogen and oxygen atoms in total. The summed E-state index contributed by atoms with van der Waals surface area (Å²) < 4.78 is 5.61. The highest BCUT2D eigenvalue weighted by Crippen LogP contribution is 2.61. The molecule has 5 fully saturated rings. The molecule has 6 rings (SSSR count). The molecule has 136 valence electrons. The quantitative estimate of drug-likeness (QED) is 0.786. The zero-order valence-electron chi connectivity index (χ0n) is 15.4. The van der Waals surface area contributed by atoms with Crippen molar-refractivity contribution in [1.82, 2.24) is 10.1 Å². The minimum Gasteiger partial charge on any atom is -0.359 e. The average Bonchev–Trinajstić information content (AvgIpc) is 2.86. The van der Waals surface area contributed by atoms with Gasteiger partial charge in [-0.3, -0.25) is 4.79 Å². The molecule has 1 aromatic heterocycles. The van der Waals surface area contributed by atoms with E-state index in [0.717, 1.165) is 67.9 Å². The third kappa shape index (κ3) is 2.63. The molecule has 2 heterocycles. The Morgan fingerprint density at radius 2 is 1.80 bits per heavy atom. The van der Waals surface area contributed by atoms with Gasteiger partial charge in [0, 0.05) is 12.6 Å².